The minimum absolute atomic E-state index is 0.174. The van der Waals surface area contributed by atoms with Crippen molar-refractivity contribution in [1.82, 2.24) is 0 Å². The maximum absolute atomic E-state index is 13.0. The third-order valence-electron chi connectivity index (χ3n) is 13.8. The zero-order valence-corrected chi connectivity index (χ0v) is 43.3. The molecular weight excluding hydrogens is 889 g/mol. The largest absolute Gasteiger partial charge is 0.462 e. The van der Waals surface area contributed by atoms with Gasteiger partial charge in [-0.05, 0) is 12.8 Å². The number of unbranched alkanes of at least 4 members (excludes halogenated alkanes) is 31. The van der Waals surface area contributed by atoms with E-state index in [4.69, 9.17) is 28.4 Å². The van der Waals surface area contributed by atoms with Crippen LogP contribution in [0.15, 0.2) is 0 Å². The second-order valence-electron chi connectivity index (χ2n) is 20.1. The van der Waals surface area contributed by atoms with Crippen LogP contribution in [0.4, 0.5) is 0 Å². The Morgan fingerprint density at radius 1 is 0.406 bits per heavy atom. The smallest absolute Gasteiger partial charge is 0.306 e. The summed E-state index contributed by atoms with van der Waals surface area (Å²) in [5.41, 5.74) is 0. The van der Waals surface area contributed by atoms with E-state index in [1.54, 1.807) is 0 Å². The number of esters is 2. The third kappa shape index (κ3) is 29.7. The highest BCUT2D eigenvalue weighted by Gasteiger charge is 2.47. The molecule has 7 N–H and O–H groups in total. The van der Waals surface area contributed by atoms with Crippen molar-refractivity contribution in [2.24, 2.45) is 0 Å². The summed E-state index contributed by atoms with van der Waals surface area (Å²) < 4.78 is 33.6. The number of hydrogen-bond donors (Lipinski definition) is 7. The Balaban J connectivity index is 1.73. The molecule has 2 heterocycles. The lowest BCUT2D eigenvalue weighted by Crippen LogP contribution is -2.61. The molecule has 11 atom stereocenters. The SMILES string of the molecule is CCCCCCCCCCCCCCCCCCCCCCCCC(=O)OC(COC(=O)CCCCCCCCCCCCC)COC1OC(COC2OC(CO)C(O)C(O)C2O)C(O)C(O)C1O. The van der Waals surface area contributed by atoms with E-state index in [1.807, 2.05) is 0 Å². The van der Waals surface area contributed by atoms with E-state index in [1.165, 1.54) is 161 Å². The number of rotatable bonds is 45. The fourth-order valence-electron chi connectivity index (χ4n) is 9.22. The summed E-state index contributed by atoms with van der Waals surface area (Å²) >= 11 is 0. The lowest BCUT2D eigenvalue weighted by Gasteiger charge is -2.42. The molecule has 0 aromatic heterocycles. The molecule has 0 amide bonds. The molecular formula is C54H102O15. The van der Waals surface area contributed by atoms with Gasteiger partial charge in [0.15, 0.2) is 18.7 Å². The van der Waals surface area contributed by atoms with Gasteiger partial charge in [-0.2, -0.15) is 0 Å². The Kier molecular flexibility index (Phi) is 38.6. The zero-order chi connectivity index (χ0) is 50.3. The molecule has 15 nitrogen and oxygen atoms in total. The van der Waals surface area contributed by atoms with E-state index >= 15 is 0 Å². The van der Waals surface area contributed by atoms with Crippen LogP contribution in [0.25, 0.3) is 0 Å². The van der Waals surface area contributed by atoms with Gasteiger partial charge < -0.3 is 64.2 Å². The van der Waals surface area contributed by atoms with Crippen molar-refractivity contribution in [3.05, 3.63) is 0 Å². The molecule has 2 fully saturated rings. The molecule has 0 aromatic carbocycles. The molecule has 408 valence electrons. The lowest BCUT2D eigenvalue weighted by molar-refractivity contribution is -0.332. The van der Waals surface area contributed by atoms with Crippen molar-refractivity contribution in [2.75, 3.05) is 26.4 Å². The summed E-state index contributed by atoms with van der Waals surface area (Å²) in [6, 6.07) is 0. The quantitative estimate of drug-likeness (QED) is 0.0223. The molecule has 0 spiro atoms. The topological polar surface area (TPSA) is 231 Å². The third-order valence-corrected chi connectivity index (χ3v) is 13.8. The van der Waals surface area contributed by atoms with Crippen molar-refractivity contribution in [2.45, 2.75) is 306 Å². The molecule has 15 heteroatoms. The number of ether oxygens (including phenoxy) is 6. The van der Waals surface area contributed by atoms with Gasteiger partial charge in [-0.15, -0.1) is 0 Å². The Labute approximate surface area is 417 Å². The standard InChI is InChI=1S/C54H102O15/c1-3-5-7-9-11-13-15-16-17-18-19-20-21-22-23-24-25-27-29-31-33-35-37-46(57)67-42(39-64-45(56)36-34-32-30-28-26-14-12-10-8-6-4-2)40-65-53-52(63)50(61)48(59)44(69-53)41-66-54-51(62)49(60)47(58)43(38-55)68-54/h42-44,47-55,58-63H,3-41H2,1-2H3. The summed E-state index contributed by atoms with van der Waals surface area (Å²) in [7, 11) is 0. The molecule has 0 bridgehead atoms. The van der Waals surface area contributed by atoms with E-state index in [0.29, 0.717) is 12.8 Å². The highest BCUT2D eigenvalue weighted by Crippen LogP contribution is 2.27. The average Bonchev–Trinajstić information content (AvgIpc) is 3.34. The fraction of sp³-hybridized carbons (Fsp3) is 0.963. The minimum atomic E-state index is -1.76. The normalized spacial score (nSPS) is 25.5. The van der Waals surface area contributed by atoms with Crippen LogP contribution >= 0.6 is 0 Å². The van der Waals surface area contributed by atoms with Gasteiger partial charge in [0, 0.05) is 12.8 Å². The minimum Gasteiger partial charge on any atom is -0.462 e. The van der Waals surface area contributed by atoms with Gasteiger partial charge in [0.2, 0.25) is 0 Å². The first-order chi connectivity index (χ1) is 33.5. The first-order valence-corrected chi connectivity index (χ1v) is 28.1. The number of carbonyl (C=O) groups is 2. The maximum atomic E-state index is 13.0. The molecule has 2 saturated heterocycles. The predicted octanol–water partition coefficient (Wildman–Crippen LogP) is 8.78. The molecule has 2 aliphatic heterocycles. The molecule has 2 aliphatic rings. The highest BCUT2D eigenvalue weighted by atomic mass is 16.7. The zero-order valence-electron chi connectivity index (χ0n) is 43.3. The van der Waals surface area contributed by atoms with Crippen molar-refractivity contribution in [3.63, 3.8) is 0 Å². The molecule has 11 unspecified atom stereocenters. The molecule has 0 saturated carbocycles. The van der Waals surface area contributed by atoms with Gasteiger partial charge in [-0.3, -0.25) is 9.59 Å². The van der Waals surface area contributed by atoms with Crippen molar-refractivity contribution >= 4 is 11.9 Å². The van der Waals surface area contributed by atoms with Gasteiger partial charge in [0.05, 0.1) is 19.8 Å². The first kappa shape index (κ1) is 63.6. The van der Waals surface area contributed by atoms with Crippen LogP contribution in [0, 0.1) is 0 Å². The molecule has 0 aromatic rings. The van der Waals surface area contributed by atoms with Gasteiger partial charge in [-0.25, -0.2) is 0 Å². The van der Waals surface area contributed by atoms with E-state index in [-0.39, 0.29) is 26.1 Å². The first-order valence-electron chi connectivity index (χ1n) is 28.1. The van der Waals surface area contributed by atoms with Crippen molar-refractivity contribution < 1.29 is 73.8 Å². The summed E-state index contributed by atoms with van der Waals surface area (Å²) in [5.74, 6) is -0.908. The second-order valence-corrected chi connectivity index (χ2v) is 20.1. The van der Waals surface area contributed by atoms with Crippen LogP contribution in [0.3, 0.4) is 0 Å². The Hall–Kier alpha value is -1.50. The van der Waals surface area contributed by atoms with E-state index < -0.39 is 92.7 Å². The second kappa shape index (κ2) is 41.9. The monoisotopic (exact) mass is 991 g/mol. The Bertz CT molecular complexity index is 1210. The number of aliphatic hydroxyl groups excluding tert-OH is 7. The van der Waals surface area contributed by atoms with Crippen LogP contribution in [0.1, 0.15) is 239 Å². The summed E-state index contributed by atoms with van der Waals surface area (Å²) in [4.78, 5) is 25.8. The Morgan fingerprint density at radius 3 is 1.13 bits per heavy atom. The van der Waals surface area contributed by atoms with E-state index in [9.17, 15) is 45.3 Å². The van der Waals surface area contributed by atoms with Gasteiger partial charge in [0.25, 0.3) is 0 Å². The van der Waals surface area contributed by atoms with Crippen LogP contribution in [-0.4, -0.2) is 142 Å². The predicted molar refractivity (Wildman–Crippen MR) is 266 cm³/mol. The van der Waals surface area contributed by atoms with Gasteiger partial charge >= 0.3 is 11.9 Å². The summed E-state index contributed by atoms with van der Waals surface area (Å²) in [5, 5.41) is 72.1. The van der Waals surface area contributed by atoms with Crippen LogP contribution in [0.2, 0.25) is 0 Å². The van der Waals surface area contributed by atoms with E-state index in [0.717, 1.165) is 38.5 Å². The van der Waals surface area contributed by atoms with Crippen LogP contribution in [0.5, 0.6) is 0 Å². The Morgan fingerprint density at radius 2 is 0.739 bits per heavy atom. The van der Waals surface area contributed by atoms with Crippen molar-refractivity contribution in [3.8, 4) is 0 Å². The fourth-order valence-corrected chi connectivity index (χ4v) is 9.22. The maximum Gasteiger partial charge on any atom is 0.306 e. The summed E-state index contributed by atoms with van der Waals surface area (Å²) in [6.45, 7) is 2.63. The van der Waals surface area contributed by atoms with Crippen molar-refractivity contribution in [1.29, 1.82) is 0 Å². The lowest BCUT2D eigenvalue weighted by atomic mass is 9.98. The van der Waals surface area contributed by atoms with Gasteiger partial charge in [0.1, 0.15) is 55.4 Å². The molecule has 0 aliphatic carbocycles. The van der Waals surface area contributed by atoms with E-state index in [2.05, 4.69) is 13.8 Å². The average molecular weight is 991 g/mol. The van der Waals surface area contributed by atoms with Crippen LogP contribution < -0.4 is 0 Å². The molecule has 0 radical (unpaired) electrons. The van der Waals surface area contributed by atoms with Crippen LogP contribution in [-0.2, 0) is 38.0 Å². The molecule has 2 rings (SSSR count). The number of hydrogen-bond acceptors (Lipinski definition) is 15. The molecule has 69 heavy (non-hydrogen) atoms. The summed E-state index contributed by atoms with van der Waals surface area (Å²) in [6.07, 6.45) is 24.2. The highest BCUT2D eigenvalue weighted by molar-refractivity contribution is 5.70. The number of aliphatic hydroxyl groups is 7. The number of carbonyl (C=O) groups excluding carboxylic acids is 2. The van der Waals surface area contributed by atoms with Gasteiger partial charge in [-0.1, -0.05) is 213 Å².